The maximum atomic E-state index is 11.7. The Balaban J connectivity index is 2.30. The van der Waals surface area contributed by atoms with Crippen molar-refractivity contribution in [3.63, 3.8) is 0 Å². The second-order valence-corrected chi connectivity index (χ2v) is 4.79. The van der Waals surface area contributed by atoms with Crippen molar-refractivity contribution in [3.8, 4) is 11.3 Å². The van der Waals surface area contributed by atoms with E-state index in [2.05, 4.69) is 26.1 Å². The van der Waals surface area contributed by atoms with Crippen molar-refractivity contribution in [2.75, 3.05) is 14.1 Å². The molecular weight excluding hydrogens is 282 g/mol. The lowest BCUT2D eigenvalue weighted by Gasteiger charge is -2.06. The van der Waals surface area contributed by atoms with E-state index < -0.39 is 0 Å². The van der Waals surface area contributed by atoms with E-state index in [1.165, 1.54) is 4.90 Å². The standard InChI is InChI=1S/C12H12BrN3O/c1-16(2)12(17)11-7-10(14-15-11)8-3-5-9(13)6-4-8/h3-7H,1-2H3,(H,14,15). The third-order valence-electron chi connectivity index (χ3n) is 2.35. The molecule has 0 saturated carbocycles. The van der Waals surface area contributed by atoms with Gasteiger partial charge < -0.3 is 4.90 Å². The number of hydrogen-bond donors (Lipinski definition) is 1. The number of carbonyl (C=O) groups is 1. The van der Waals surface area contributed by atoms with Gasteiger partial charge >= 0.3 is 0 Å². The molecule has 88 valence electrons. The van der Waals surface area contributed by atoms with Crippen LogP contribution in [0.25, 0.3) is 11.3 Å². The van der Waals surface area contributed by atoms with Crippen LogP contribution in [0.3, 0.4) is 0 Å². The molecule has 0 atom stereocenters. The van der Waals surface area contributed by atoms with E-state index >= 15 is 0 Å². The van der Waals surface area contributed by atoms with Crippen molar-refractivity contribution in [1.29, 1.82) is 0 Å². The molecule has 2 aromatic rings. The molecule has 17 heavy (non-hydrogen) atoms. The topological polar surface area (TPSA) is 49.0 Å². The molecule has 1 amide bonds. The van der Waals surface area contributed by atoms with Crippen LogP contribution in [0.1, 0.15) is 10.5 Å². The third-order valence-corrected chi connectivity index (χ3v) is 2.88. The minimum atomic E-state index is -0.0825. The van der Waals surface area contributed by atoms with Crippen LogP contribution in [-0.4, -0.2) is 35.1 Å². The number of aromatic nitrogens is 2. The molecule has 0 radical (unpaired) electrons. The van der Waals surface area contributed by atoms with Crippen LogP contribution in [0.5, 0.6) is 0 Å². The molecule has 0 aliphatic rings. The Morgan fingerprint density at radius 1 is 1.29 bits per heavy atom. The van der Waals surface area contributed by atoms with Gasteiger partial charge in [-0.1, -0.05) is 28.1 Å². The third kappa shape index (κ3) is 2.55. The van der Waals surface area contributed by atoms with Gasteiger partial charge in [-0.2, -0.15) is 5.10 Å². The molecule has 2 rings (SSSR count). The minimum absolute atomic E-state index is 0.0825. The summed E-state index contributed by atoms with van der Waals surface area (Å²) < 4.78 is 1.02. The number of nitrogens with zero attached hydrogens (tertiary/aromatic N) is 2. The zero-order chi connectivity index (χ0) is 12.4. The Morgan fingerprint density at radius 2 is 1.94 bits per heavy atom. The normalized spacial score (nSPS) is 10.3. The van der Waals surface area contributed by atoms with E-state index in [1.807, 2.05) is 24.3 Å². The number of benzene rings is 1. The first kappa shape index (κ1) is 11.9. The van der Waals surface area contributed by atoms with Crippen molar-refractivity contribution >= 4 is 21.8 Å². The summed E-state index contributed by atoms with van der Waals surface area (Å²) >= 11 is 3.38. The van der Waals surface area contributed by atoms with E-state index in [9.17, 15) is 4.79 Å². The zero-order valence-electron chi connectivity index (χ0n) is 9.57. The van der Waals surface area contributed by atoms with Crippen molar-refractivity contribution in [2.24, 2.45) is 0 Å². The van der Waals surface area contributed by atoms with Crippen LogP contribution < -0.4 is 0 Å². The Kier molecular flexibility index (Phi) is 3.28. The van der Waals surface area contributed by atoms with Gasteiger partial charge in [0.25, 0.3) is 5.91 Å². The summed E-state index contributed by atoms with van der Waals surface area (Å²) in [5, 5.41) is 6.88. The number of halogens is 1. The predicted octanol–water partition coefficient (Wildman–Crippen LogP) is 2.54. The highest BCUT2D eigenvalue weighted by molar-refractivity contribution is 9.10. The van der Waals surface area contributed by atoms with Crippen LogP contribution >= 0.6 is 15.9 Å². The summed E-state index contributed by atoms with van der Waals surface area (Å²) in [6.07, 6.45) is 0. The summed E-state index contributed by atoms with van der Waals surface area (Å²) in [5.41, 5.74) is 2.23. The molecule has 1 heterocycles. The van der Waals surface area contributed by atoms with E-state index in [0.717, 1.165) is 15.7 Å². The van der Waals surface area contributed by atoms with Crippen molar-refractivity contribution < 1.29 is 4.79 Å². The Morgan fingerprint density at radius 3 is 2.53 bits per heavy atom. The molecule has 0 bridgehead atoms. The summed E-state index contributed by atoms with van der Waals surface area (Å²) in [4.78, 5) is 13.2. The average molecular weight is 294 g/mol. The predicted molar refractivity (Wildman–Crippen MR) is 69.7 cm³/mol. The smallest absolute Gasteiger partial charge is 0.271 e. The summed E-state index contributed by atoms with van der Waals surface area (Å²) in [6, 6.07) is 9.54. The second kappa shape index (κ2) is 4.71. The van der Waals surface area contributed by atoms with Crippen molar-refractivity contribution in [3.05, 3.63) is 40.5 Å². The Hall–Kier alpha value is -1.62. The monoisotopic (exact) mass is 293 g/mol. The van der Waals surface area contributed by atoms with Gasteiger partial charge in [0, 0.05) is 24.1 Å². The average Bonchev–Trinajstić information content (AvgIpc) is 2.78. The van der Waals surface area contributed by atoms with Gasteiger partial charge in [-0.05, 0) is 18.2 Å². The summed E-state index contributed by atoms with van der Waals surface area (Å²) in [7, 11) is 3.42. The fourth-order valence-electron chi connectivity index (χ4n) is 1.44. The quantitative estimate of drug-likeness (QED) is 0.925. The Labute approximate surface area is 108 Å². The van der Waals surface area contributed by atoms with Crippen molar-refractivity contribution in [2.45, 2.75) is 0 Å². The molecule has 0 aliphatic carbocycles. The lowest BCUT2D eigenvalue weighted by atomic mass is 10.1. The molecule has 0 fully saturated rings. The SMILES string of the molecule is CN(C)C(=O)c1cc(-c2ccc(Br)cc2)n[nH]1. The van der Waals surface area contributed by atoms with Crippen LogP contribution in [0.15, 0.2) is 34.8 Å². The number of nitrogens with one attached hydrogen (secondary N) is 1. The highest BCUT2D eigenvalue weighted by Crippen LogP contribution is 2.20. The number of aromatic amines is 1. The van der Waals surface area contributed by atoms with Gasteiger partial charge in [0.1, 0.15) is 5.69 Å². The van der Waals surface area contributed by atoms with Crippen molar-refractivity contribution in [1.82, 2.24) is 15.1 Å². The first-order valence-corrected chi connectivity index (χ1v) is 5.90. The fraction of sp³-hybridized carbons (Fsp3) is 0.167. The minimum Gasteiger partial charge on any atom is -0.343 e. The first-order valence-electron chi connectivity index (χ1n) is 5.11. The molecule has 0 spiro atoms. The molecule has 1 aromatic heterocycles. The molecular formula is C12H12BrN3O. The molecule has 1 N–H and O–H groups in total. The maximum absolute atomic E-state index is 11.7. The maximum Gasteiger partial charge on any atom is 0.271 e. The number of rotatable bonds is 2. The lowest BCUT2D eigenvalue weighted by molar-refractivity contribution is 0.0822. The molecule has 0 saturated heterocycles. The number of carbonyl (C=O) groups excluding carboxylic acids is 1. The van der Waals surface area contributed by atoms with Crippen LogP contribution in [0, 0.1) is 0 Å². The molecule has 0 unspecified atom stereocenters. The van der Waals surface area contributed by atoms with Crippen LogP contribution in [-0.2, 0) is 0 Å². The van der Waals surface area contributed by atoms with Gasteiger partial charge in [-0.25, -0.2) is 0 Å². The summed E-state index contributed by atoms with van der Waals surface area (Å²) in [5.74, 6) is -0.0825. The van der Waals surface area contributed by atoms with Gasteiger partial charge in [0.15, 0.2) is 0 Å². The Bertz CT molecular complexity index is 531. The highest BCUT2D eigenvalue weighted by Gasteiger charge is 2.12. The second-order valence-electron chi connectivity index (χ2n) is 3.87. The van der Waals surface area contributed by atoms with Crippen LogP contribution in [0.4, 0.5) is 0 Å². The van der Waals surface area contributed by atoms with Gasteiger partial charge in [0.05, 0.1) is 5.69 Å². The van der Waals surface area contributed by atoms with Gasteiger partial charge in [-0.15, -0.1) is 0 Å². The highest BCUT2D eigenvalue weighted by atomic mass is 79.9. The van der Waals surface area contributed by atoms with E-state index in [0.29, 0.717) is 5.69 Å². The van der Waals surface area contributed by atoms with Gasteiger partial charge in [0.2, 0.25) is 0 Å². The number of H-pyrrole nitrogens is 1. The lowest BCUT2D eigenvalue weighted by Crippen LogP contribution is -2.21. The van der Waals surface area contributed by atoms with E-state index in [-0.39, 0.29) is 5.91 Å². The zero-order valence-corrected chi connectivity index (χ0v) is 11.2. The van der Waals surface area contributed by atoms with Gasteiger partial charge in [-0.3, -0.25) is 9.89 Å². The van der Waals surface area contributed by atoms with E-state index in [1.54, 1.807) is 20.2 Å². The number of hydrogen-bond acceptors (Lipinski definition) is 2. The first-order chi connectivity index (χ1) is 8.08. The van der Waals surface area contributed by atoms with E-state index in [4.69, 9.17) is 0 Å². The molecule has 4 nitrogen and oxygen atoms in total. The van der Waals surface area contributed by atoms with Crippen LogP contribution in [0.2, 0.25) is 0 Å². The molecule has 1 aromatic carbocycles. The molecule has 5 heteroatoms. The number of amides is 1. The summed E-state index contributed by atoms with van der Waals surface area (Å²) in [6.45, 7) is 0. The molecule has 0 aliphatic heterocycles. The largest absolute Gasteiger partial charge is 0.343 e. The fourth-order valence-corrected chi connectivity index (χ4v) is 1.71.